The largest absolute Gasteiger partial charge is 0.481 e. The zero-order chi connectivity index (χ0) is 81.9. The number of nitrogens with one attached hydrogen (secondary N) is 6. The standard InChI is InChI=1S/C78H111N13O19S3/c1-3-4-7-22-66(95)81-62-50-113-48-56-37-54(46-111-35-14-19-58(93)42-86-27-29-87(43-68(98)99)31-33-89(45-70(102)103)34-32-88(30-28-86)44-69(100)101)36-55(38-56)47-112-49-61(74(106)80-57(41-67(96)97)39-52-15-8-5-9-16-52)84-73(105)60(40-53-17-10-6-11-18-53)83-72(104)59(23-24-65(79)94)82-76(108)71(51(2)92)85-75(107)63-20-12-25-90(63)78(110)64-21-13-26-91(64)77(62)109/h5-6,8-11,15-18,36-38,51,57,59-64,71,92H,3-4,7,12-14,19-35,39-50H2,1-2H3,(H2,79,94)(H,80,106)(H,81,95)(H,82,108)(H,83,104)(H,84,105)(H,85,107)(H,96,97)(H,98,99)(H,100,101)(H,102,103)/t51-,57?,59+,60+,61+,62+,63+,64+,71+/m1/s1. The summed E-state index contributed by atoms with van der Waals surface area (Å²) in [6.07, 6.45) is 1.13. The van der Waals surface area contributed by atoms with Gasteiger partial charge in [0.05, 0.1) is 38.7 Å². The summed E-state index contributed by atoms with van der Waals surface area (Å²) >= 11 is 4.21. The van der Waals surface area contributed by atoms with E-state index in [1.165, 1.54) is 40.2 Å². The number of benzene rings is 3. The minimum atomic E-state index is -1.75. The van der Waals surface area contributed by atoms with Crippen molar-refractivity contribution >= 4 is 118 Å². The summed E-state index contributed by atoms with van der Waals surface area (Å²) in [7, 11) is 0. The maximum absolute atomic E-state index is 15.1. The Balaban J connectivity index is 1.21. The van der Waals surface area contributed by atoms with Gasteiger partial charge in [-0.1, -0.05) is 98.6 Å². The van der Waals surface area contributed by atoms with E-state index in [0.717, 1.165) is 35.1 Å². The number of Topliss-reactive ketones (excluding diaryl/α,β-unsaturated/α-hetero) is 1. The number of fused-ring (bicyclic) bond motifs is 4. The molecule has 3 aromatic rings. The van der Waals surface area contributed by atoms with Crippen molar-refractivity contribution < 1.29 is 92.7 Å². The Labute approximate surface area is 671 Å². The molecular formula is C78H111N13O19S3. The molecule has 1 unspecified atom stereocenters. The molecule has 0 aromatic heterocycles. The van der Waals surface area contributed by atoms with Crippen LogP contribution in [0.15, 0.2) is 78.9 Å². The molecule has 4 aliphatic heterocycles. The van der Waals surface area contributed by atoms with Crippen LogP contribution in [0.3, 0.4) is 0 Å². The number of hydrogen-bond donors (Lipinski definition) is 12. The van der Waals surface area contributed by atoms with Crippen molar-refractivity contribution in [1.29, 1.82) is 0 Å². The molecule has 4 heterocycles. The number of unbranched alkanes of at least 4 members (excludes halogenated alkanes) is 2. The first-order valence-electron chi connectivity index (χ1n) is 38.7. The number of thioether (sulfide) groups is 3. The van der Waals surface area contributed by atoms with Crippen molar-refractivity contribution in [1.82, 2.24) is 61.3 Å². The van der Waals surface area contributed by atoms with Crippen molar-refractivity contribution in [3.05, 3.63) is 107 Å². The lowest BCUT2D eigenvalue weighted by molar-refractivity contribution is -0.148. The van der Waals surface area contributed by atoms with Crippen LogP contribution in [0.5, 0.6) is 0 Å². The molecule has 7 rings (SSSR count). The molecule has 0 spiro atoms. The average molecular weight is 1630 g/mol. The first-order valence-corrected chi connectivity index (χ1v) is 42.2. The number of ketones is 1. The molecule has 9 atom stereocenters. The lowest BCUT2D eigenvalue weighted by atomic mass is 10.0. The molecule has 3 aromatic carbocycles. The Bertz CT molecular complexity index is 3690. The number of aliphatic carboxylic acids is 4. The third-order valence-corrected chi connectivity index (χ3v) is 23.3. The number of aliphatic hydroxyl groups is 1. The Kier molecular flexibility index (Phi) is 38.7. The molecular weight excluding hydrogens is 1520 g/mol. The predicted octanol–water partition coefficient (Wildman–Crippen LogP) is 1.30. The second-order valence-electron chi connectivity index (χ2n) is 29.2. The molecule has 32 nitrogen and oxygen atoms in total. The van der Waals surface area contributed by atoms with Gasteiger partial charge in [-0.15, -0.1) is 0 Å². The fourth-order valence-corrected chi connectivity index (χ4v) is 17.0. The van der Waals surface area contributed by atoms with E-state index in [2.05, 4.69) is 31.9 Å². The normalized spacial score (nSPS) is 22.4. The molecule has 113 heavy (non-hydrogen) atoms. The maximum atomic E-state index is 15.1. The highest BCUT2D eigenvalue weighted by atomic mass is 32.2. The van der Waals surface area contributed by atoms with Crippen LogP contribution in [-0.4, -0.2) is 301 Å². The van der Waals surface area contributed by atoms with Crippen LogP contribution >= 0.6 is 35.3 Å². The van der Waals surface area contributed by atoms with Crippen LogP contribution in [-0.2, 0) is 97.2 Å². The number of carbonyl (C=O) groups excluding carboxylic acids is 10. The molecule has 620 valence electrons. The molecule has 2 bridgehead atoms. The summed E-state index contributed by atoms with van der Waals surface area (Å²) in [5.41, 5.74) is 9.32. The summed E-state index contributed by atoms with van der Waals surface area (Å²) in [6, 6.07) is 12.9. The van der Waals surface area contributed by atoms with E-state index in [0.29, 0.717) is 48.5 Å². The number of carboxylic acids is 4. The minimum absolute atomic E-state index is 0.0182. The topological polar surface area (TPSA) is 458 Å². The Morgan fingerprint density at radius 2 is 1.10 bits per heavy atom. The van der Waals surface area contributed by atoms with E-state index in [9.17, 15) is 83.1 Å². The summed E-state index contributed by atoms with van der Waals surface area (Å²) < 4.78 is 0. The van der Waals surface area contributed by atoms with Crippen LogP contribution in [0.1, 0.15) is 125 Å². The maximum Gasteiger partial charge on any atom is 0.317 e. The quantitative estimate of drug-likeness (QED) is 0.0404. The summed E-state index contributed by atoms with van der Waals surface area (Å²) in [6.45, 7) is 4.58. The highest BCUT2D eigenvalue weighted by Gasteiger charge is 2.45. The van der Waals surface area contributed by atoms with Crippen molar-refractivity contribution in [3.8, 4) is 0 Å². The van der Waals surface area contributed by atoms with E-state index in [1.807, 2.05) is 30.0 Å². The Hall–Kier alpha value is -8.71. The van der Waals surface area contributed by atoms with Gasteiger partial charge in [0.2, 0.25) is 53.2 Å². The molecule has 35 heteroatoms. The van der Waals surface area contributed by atoms with Crippen LogP contribution in [0.2, 0.25) is 0 Å². The average Bonchev–Trinajstić information content (AvgIpc) is 1.66. The molecule has 0 aliphatic carbocycles. The minimum Gasteiger partial charge on any atom is -0.481 e. The molecule has 0 radical (unpaired) electrons. The number of amides is 9. The molecule has 0 saturated carbocycles. The van der Waals surface area contributed by atoms with Gasteiger partial charge in [-0.3, -0.25) is 86.7 Å². The number of rotatable bonds is 31. The van der Waals surface area contributed by atoms with Crippen molar-refractivity contribution in [2.24, 2.45) is 5.73 Å². The highest BCUT2D eigenvalue weighted by molar-refractivity contribution is 7.99. The monoisotopic (exact) mass is 1630 g/mol. The van der Waals surface area contributed by atoms with E-state index in [4.69, 9.17) is 5.73 Å². The number of primary amides is 1. The zero-order valence-electron chi connectivity index (χ0n) is 64.4. The number of carboxylic acid groups (broad SMARTS) is 4. The van der Waals surface area contributed by atoms with Crippen molar-refractivity contribution in [2.75, 3.05) is 109 Å². The van der Waals surface area contributed by atoms with Gasteiger partial charge in [0.25, 0.3) is 0 Å². The highest BCUT2D eigenvalue weighted by Crippen LogP contribution is 2.29. The van der Waals surface area contributed by atoms with Gasteiger partial charge in [0, 0.05) is 126 Å². The van der Waals surface area contributed by atoms with Crippen LogP contribution in [0, 0.1) is 0 Å². The van der Waals surface area contributed by atoms with Gasteiger partial charge in [0.15, 0.2) is 0 Å². The molecule has 3 saturated heterocycles. The lowest BCUT2D eigenvalue weighted by Crippen LogP contribution is -2.62. The fourth-order valence-electron chi connectivity index (χ4n) is 14.2. The fraction of sp³-hybridized carbons (Fsp3) is 0.590. The third-order valence-electron chi connectivity index (χ3n) is 20.0. The number of hydrogen-bond acceptors (Lipinski definition) is 22. The van der Waals surface area contributed by atoms with Gasteiger partial charge in [0.1, 0.15) is 48.1 Å². The summed E-state index contributed by atoms with van der Waals surface area (Å²) in [4.78, 5) is 201. The van der Waals surface area contributed by atoms with Crippen molar-refractivity contribution in [3.63, 3.8) is 0 Å². The van der Waals surface area contributed by atoms with Crippen LogP contribution in [0.4, 0.5) is 0 Å². The first-order chi connectivity index (χ1) is 54.1. The van der Waals surface area contributed by atoms with E-state index in [-0.39, 0.29) is 159 Å². The van der Waals surface area contributed by atoms with E-state index in [1.54, 1.807) is 87.1 Å². The molecule has 13 N–H and O–H groups in total. The molecule has 3 fully saturated rings. The first kappa shape index (κ1) is 91.5. The SMILES string of the molecule is CCCCCC(=O)N[C@H]1CSCc2cc(CSCCCC(=O)CN3CCN(CC(=O)O)CCN(CC(=O)O)CCN(CC(=O)O)CC3)cc(c2)CSC[C@@H](C(=O)NC(CC(=O)O)Cc2ccccc2)NC(=O)[C@H](Cc2ccccc2)NC(=O)[C@H](CCC(N)=O)NC(=O)[C@H]([C@@H](C)O)NC(=O)[C@@H]2CCCN2C(=O)[C@@H]2CCCN2C1=O. The van der Waals surface area contributed by atoms with Crippen molar-refractivity contribution in [2.45, 2.75) is 182 Å². The van der Waals surface area contributed by atoms with Gasteiger partial charge >= 0.3 is 23.9 Å². The smallest absolute Gasteiger partial charge is 0.317 e. The van der Waals surface area contributed by atoms with Gasteiger partial charge in [-0.2, -0.15) is 35.3 Å². The van der Waals surface area contributed by atoms with E-state index < -0.39 is 145 Å². The zero-order valence-corrected chi connectivity index (χ0v) is 66.8. The van der Waals surface area contributed by atoms with Gasteiger partial charge in [-0.05, 0) is 91.9 Å². The number of carbonyl (C=O) groups is 14. The Morgan fingerprint density at radius 1 is 0.566 bits per heavy atom. The van der Waals surface area contributed by atoms with Gasteiger partial charge in [-0.25, -0.2) is 0 Å². The second kappa shape index (κ2) is 47.8. The lowest BCUT2D eigenvalue weighted by Gasteiger charge is -2.33. The number of nitrogens with two attached hydrogens (primary N) is 1. The summed E-state index contributed by atoms with van der Waals surface area (Å²) in [5.74, 6) is -9.73. The second-order valence-corrected chi connectivity index (χ2v) is 32.4. The summed E-state index contributed by atoms with van der Waals surface area (Å²) in [5, 5.41) is 66.9. The van der Waals surface area contributed by atoms with Crippen LogP contribution in [0.25, 0.3) is 0 Å². The predicted molar refractivity (Wildman–Crippen MR) is 426 cm³/mol. The van der Waals surface area contributed by atoms with Crippen LogP contribution < -0.4 is 37.6 Å². The number of aliphatic hydroxyl groups excluding tert-OH is 1. The molecule has 4 aliphatic rings. The third kappa shape index (κ3) is 32.2. The number of nitrogens with zero attached hydrogens (tertiary/aromatic N) is 6. The Morgan fingerprint density at radius 3 is 1.65 bits per heavy atom. The molecule has 9 amide bonds. The van der Waals surface area contributed by atoms with E-state index >= 15 is 9.59 Å². The van der Waals surface area contributed by atoms with Gasteiger partial charge < -0.3 is 73.0 Å².